The number of carbonyl (C=O) groups is 2. The van der Waals surface area contributed by atoms with Crippen molar-refractivity contribution in [3.05, 3.63) is 34.9 Å². The van der Waals surface area contributed by atoms with E-state index in [1.165, 1.54) is 42.9 Å². The van der Waals surface area contributed by atoms with Gasteiger partial charge in [-0.2, -0.15) is 0 Å². The molecule has 3 nitrogen and oxygen atoms in total. The second-order valence-corrected chi connectivity index (χ2v) is 4.94. The largest absolute Gasteiger partial charge is 0.355 e. The number of hydrogen-bond acceptors (Lipinski definition) is 2. The predicted octanol–water partition coefficient (Wildman–Crippen LogP) is 1.81. The van der Waals surface area contributed by atoms with E-state index >= 15 is 0 Å². The normalized spacial score (nSPS) is 13.2. The van der Waals surface area contributed by atoms with Gasteiger partial charge in [0.05, 0.1) is 6.42 Å². The Kier molecular flexibility index (Phi) is 4.13. The average Bonchev–Trinajstić information content (AvgIpc) is 2.75. The monoisotopic (exact) mass is 245 g/mol. The second-order valence-electron chi connectivity index (χ2n) is 4.94. The van der Waals surface area contributed by atoms with Gasteiger partial charge in [0.1, 0.15) is 5.78 Å². The van der Waals surface area contributed by atoms with Crippen LogP contribution in [-0.2, 0) is 28.9 Å². The average molecular weight is 245 g/mol. The Morgan fingerprint density at radius 1 is 1.22 bits per heavy atom. The van der Waals surface area contributed by atoms with E-state index in [9.17, 15) is 9.59 Å². The molecule has 2 rings (SSSR count). The first-order valence-corrected chi connectivity index (χ1v) is 6.52. The molecule has 0 unspecified atom stereocenters. The van der Waals surface area contributed by atoms with Crippen LogP contribution in [0.2, 0.25) is 0 Å². The van der Waals surface area contributed by atoms with Crippen molar-refractivity contribution in [2.45, 2.75) is 39.0 Å². The Morgan fingerprint density at radius 3 is 2.78 bits per heavy atom. The number of carbonyl (C=O) groups excluding carboxylic acids is 2. The molecule has 1 N–H and O–H groups in total. The minimum Gasteiger partial charge on any atom is -0.355 e. The second kappa shape index (κ2) is 5.80. The van der Waals surface area contributed by atoms with Crippen molar-refractivity contribution < 1.29 is 9.59 Å². The molecule has 96 valence electrons. The summed E-state index contributed by atoms with van der Waals surface area (Å²) in [5.74, 6) is -0.270. The Labute approximate surface area is 108 Å². The molecule has 1 amide bonds. The van der Waals surface area contributed by atoms with Crippen LogP contribution in [0.15, 0.2) is 18.2 Å². The van der Waals surface area contributed by atoms with E-state index in [4.69, 9.17) is 0 Å². The van der Waals surface area contributed by atoms with Gasteiger partial charge < -0.3 is 5.32 Å². The van der Waals surface area contributed by atoms with Gasteiger partial charge in [-0.1, -0.05) is 18.2 Å². The number of ketones is 1. The molecule has 0 bridgehead atoms. The Hall–Kier alpha value is -1.64. The molecule has 1 aliphatic rings. The molecule has 0 heterocycles. The zero-order chi connectivity index (χ0) is 13.0. The molecule has 0 saturated carbocycles. The van der Waals surface area contributed by atoms with Crippen molar-refractivity contribution in [2.24, 2.45) is 0 Å². The number of fused-ring (bicyclic) bond motifs is 1. The van der Waals surface area contributed by atoms with Gasteiger partial charge in [-0.05, 0) is 49.3 Å². The van der Waals surface area contributed by atoms with E-state index in [0.717, 1.165) is 6.42 Å². The van der Waals surface area contributed by atoms with Gasteiger partial charge >= 0.3 is 0 Å². The minimum absolute atomic E-state index is 0.00973. The Morgan fingerprint density at radius 2 is 2.00 bits per heavy atom. The first kappa shape index (κ1) is 12.8. The molecule has 0 saturated heterocycles. The standard InChI is InChI=1S/C15H19NO2/c1-11(17)9-15(18)16-8-7-12-5-6-13-3-2-4-14(13)10-12/h5-6,10H,2-4,7-9H2,1H3,(H,16,18). The molecule has 0 radical (unpaired) electrons. The molecule has 0 fully saturated rings. The SMILES string of the molecule is CC(=O)CC(=O)NCCc1ccc2c(c1)CCC2. The van der Waals surface area contributed by atoms with Crippen molar-refractivity contribution in [2.75, 3.05) is 6.54 Å². The summed E-state index contributed by atoms with van der Waals surface area (Å²) in [5.41, 5.74) is 4.20. The Bertz CT molecular complexity index is 466. The fraction of sp³-hybridized carbons (Fsp3) is 0.467. The summed E-state index contributed by atoms with van der Waals surface area (Å²) in [6, 6.07) is 6.59. The first-order chi connectivity index (χ1) is 8.65. The number of rotatable bonds is 5. The van der Waals surface area contributed by atoms with Crippen LogP contribution in [0.3, 0.4) is 0 Å². The van der Waals surface area contributed by atoms with Crippen molar-refractivity contribution in [3.8, 4) is 0 Å². The summed E-state index contributed by atoms with van der Waals surface area (Å²) >= 11 is 0. The highest BCUT2D eigenvalue weighted by atomic mass is 16.2. The van der Waals surface area contributed by atoms with E-state index in [-0.39, 0.29) is 18.1 Å². The zero-order valence-electron chi connectivity index (χ0n) is 10.8. The summed E-state index contributed by atoms with van der Waals surface area (Å²) < 4.78 is 0. The molecule has 18 heavy (non-hydrogen) atoms. The van der Waals surface area contributed by atoms with Crippen LogP contribution in [0.5, 0.6) is 0 Å². The van der Waals surface area contributed by atoms with Gasteiger partial charge in [-0.25, -0.2) is 0 Å². The van der Waals surface area contributed by atoms with Gasteiger partial charge in [0.2, 0.25) is 5.91 Å². The van der Waals surface area contributed by atoms with Gasteiger partial charge in [-0.3, -0.25) is 9.59 Å². The fourth-order valence-electron chi connectivity index (χ4n) is 2.42. The summed E-state index contributed by atoms with van der Waals surface area (Å²) in [7, 11) is 0. The molecule has 1 aromatic carbocycles. The molecular formula is C15H19NO2. The number of benzene rings is 1. The van der Waals surface area contributed by atoms with Crippen LogP contribution in [0.4, 0.5) is 0 Å². The lowest BCUT2D eigenvalue weighted by atomic mass is 10.0. The van der Waals surface area contributed by atoms with E-state index in [0.29, 0.717) is 6.54 Å². The van der Waals surface area contributed by atoms with Crippen molar-refractivity contribution in [1.29, 1.82) is 0 Å². The molecule has 3 heteroatoms. The lowest BCUT2D eigenvalue weighted by Gasteiger charge is -2.06. The van der Waals surface area contributed by atoms with Crippen LogP contribution >= 0.6 is 0 Å². The lowest BCUT2D eigenvalue weighted by molar-refractivity contribution is -0.127. The highest BCUT2D eigenvalue weighted by molar-refractivity contribution is 5.96. The number of hydrogen-bond donors (Lipinski definition) is 1. The van der Waals surface area contributed by atoms with Gasteiger partial charge in [0.15, 0.2) is 0 Å². The lowest BCUT2D eigenvalue weighted by Crippen LogP contribution is -2.27. The maximum absolute atomic E-state index is 11.3. The fourth-order valence-corrected chi connectivity index (χ4v) is 2.42. The van der Waals surface area contributed by atoms with E-state index < -0.39 is 0 Å². The zero-order valence-corrected chi connectivity index (χ0v) is 10.8. The van der Waals surface area contributed by atoms with Crippen molar-refractivity contribution in [3.63, 3.8) is 0 Å². The van der Waals surface area contributed by atoms with Crippen LogP contribution in [0.1, 0.15) is 36.5 Å². The van der Waals surface area contributed by atoms with E-state index in [2.05, 4.69) is 23.5 Å². The van der Waals surface area contributed by atoms with E-state index in [1.807, 2.05) is 0 Å². The number of aryl methyl sites for hydroxylation is 2. The van der Waals surface area contributed by atoms with Gasteiger partial charge in [0.25, 0.3) is 0 Å². The summed E-state index contributed by atoms with van der Waals surface area (Å²) in [6.45, 7) is 2.03. The molecule has 0 spiro atoms. The quantitative estimate of drug-likeness (QED) is 0.804. The molecule has 1 aromatic rings. The van der Waals surface area contributed by atoms with Crippen molar-refractivity contribution >= 4 is 11.7 Å². The summed E-state index contributed by atoms with van der Waals surface area (Å²) in [6.07, 6.45) is 4.46. The highest BCUT2D eigenvalue weighted by Gasteiger charge is 2.10. The maximum atomic E-state index is 11.3. The molecule has 0 atom stereocenters. The van der Waals surface area contributed by atoms with Crippen LogP contribution in [0.25, 0.3) is 0 Å². The third-order valence-corrected chi connectivity index (χ3v) is 3.31. The van der Waals surface area contributed by atoms with Crippen LogP contribution in [0, 0.1) is 0 Å². The third-order valence-electron chi connectivity index (χ3n) is 3.31. The highest BCUT2D eigenvalue weighted by Crippen LogP contribution is 2.22. The first-order valence-electron chi connectivity index (χ1n) is 6.52. The number of amides is 1. The van der Waals surface area contributed by atoms with Gasteiger partial charge in [-0.15, -0.1) is 0 Å². The topological polar surface area (TPSA) is 46.2 Å². The predicted molar refractivity (Wildman–Crippen MR) is 70.5 cm³/mol. The smallest absolute Gasteiger partial charge is 0.227 e. The summed E-state index contributed by atoms with van der Waals surface area (Å²) in [4.78, 5) is 22.1. The maximum Gasteiger partial charge on any atom is 0.227 e. The molecule has 0 aliphatic heterocycles. The molecular weight excluding hydrogens is 226 g/mol. The summed E-state index contributed by atoms with van der Waals surface area (Å²) in [5, 5.41) is 2.77. The Balaban J connectivity index is 1.80. The van der Waals surface area contributed by atoms with Gasteiger partial charge in [0, 0.05) is 6.54 Å². The third kappa shape index (κ3) is 3.42. The number of nitrogens with one attached hydrogen (secondary N) is 1. The molecule has 0 aromatic heterocycles. The molecule has 1 aliphatic carbocycles. The minimum atomic E-state index is -0.177. The van der Waals surface area contributed by atoms with Crippen LogP contribution < -0.4 is 5.32 Å². The van der Waals surface area contributed by atoms with E-state index in [1.54, 1.807) is 0 Å². The van der Waals surface area contributed by atoms with Crippen molar-refractivity contribution in [1.82, 2.24) is 5.32 Å². The number of Topliss-reactive ketones (excluding diaryl/α,β-unsaturated/α-hetero) is 1. The van der Waals surface area contributed by atoms with Crippen LogP contribution in [-0.4, -0.2) is 18.2 Å².